The number of carbonyl (C=O) groups excluding carboxylic acids is 3. The van der Waals surface area contributed by atoms with Crippen LogP contribution >= 0.6 is 0 Å². The smallest absolute Gasteiger partial charge is 0.340 e. The first-order valence-corrected chi connectivity index (χ1v) is 7.54. The molecule has 0 spiro atoms. The molecule has 122 valence electrons. The number of ketones is 2. The number of nitrogen functional groups attached to an aromatic ring is 2. The Bertz CT molecular complexity index is 887. The molecule has 0 saturated heterocycles. The molecule has 0 bridgehead atoms. The van der Waals surface area contributed by atoms with Gasteiger partial charge in [0.05, 0.1) is 29.0 Å². The second-order valence-electron chi connectivity index (χ2n) is 5.52. The first-order chi connectivity index (χ1) is 11.5. The molecule has 0 heterocycles. The molecule has 0 unspecified atom stereocenters. The van der Waals surface area contributed by atoms with Gasteiger partial charge in [0.1, 0.15) is 0 Å². The molecule has 6 heteroatoms. The molecular weight excluding hydrogens is 308 g/mol. The zero-order valence-corrected chi connectivity index (χ0v) is 13.1. The second kappa shape index (κ2) is 5.81. The van der Waals surface area contributed by atoms with Crippen LogP contribution in [0, 0.1) is 0 Å². The summed E-state index contributed by atoms with van der Waals surface area (Å²) in [6.07, 6.45) is 0.650. The highest BCUT2D eigenvalue weighted by molar-refractivity contribution is 6.32. The Hall–Kier alpha value is -3.15. The molecule has 2 aromatic rings. The van der Waals surface area contributed by atoms with E-state index < -0.39 is 11.8 Å². The van der Waals surface area contributed by atoms with Gasteiger partial charge in [-0.15, -0.1) is 0 Å². The molecule has 6 nitrogen and oxygen atoms in total. The maximum Gasteiger partial charge on any atom is 0.340 e. The summed E-state index contributed by atoms with van der Waals surface area (Å²) in [4.78, 5) is 37.6. The Labute approximate surface area is 138 Å². The lowest BCUT2D eigenvalue weighted by Crippen LogP contribution is -2.25. The molecule has 0 amide bonds. The average Bonchev–Trinajstić information content (AvgIpc) is 2.59. The van der Waals surface area contributed by atoms with Crippen molar-refractivity contribution in [2.45, 2.75) is 13.3 Å². The fourth-order valence-corrected chi connectivity index (χ4v) is 2.79. The molecule has 24 heavy (non-hydrogen) atoms. The summed E-state index contributed by atoms with van der Waals surface area (Å²) in [5.41, 5.74) is 12.5. The van der Waals surface area contributed by atoms with Gasteiger partial charge in [-0.2, -0.15) is 0 Å². The van der Waals surface area contributed by atoms with Crippen LogP contribution in [0.3, 0.4) is 0 Å². The molecular formula is C18H16N2O4. The van der Waals surface area contributed by atoms with Crippen molar-refractivity contribution in [2.75, 3.05) is 18.1 Å². The van der Waals surface area contributed by atoms with E-state index in [2.05, 4.69) is 0 Å². The highest BCUT2D eigenvalue weighted by Gasteiger charge is 2.35. The van der Waals surface area contributed by atoms with Crippen LogP contribution in [-0.2, 0) is 4.74 Å². The maximum absolute atomic E-state index is 12.8. The molecule has 2 aromatic carbocycles. The minimum atomic E-state index is -0.664. The Balaban J connectivity index is 2.21. The van der Waals surface area contributed by atoms with E-state index in [4.69, 9.17) is 16.2 Å². The van der Waals surface area contributed by atoms with Crippen molar-refractivity contribution in [3.05, 3.63) is 58.1 Å². The Morgan fingerprint density at radius 1 is 1.04 bits per heavy atom. The van der Waals surface area contributed by atoms with E-state index in [0.717, 1.165) is 0 Å². The molecule has 0 atom stereocenters. The van der Waals surface area contributed by atoms with E-state index in [1.54, 1.807) is 24.3 Å². The Morgan fingerprint density at radius 3 is 2.21 bits per heavy atom. The number of benzene rings is 2. The third kappa shape index (κ3) is 2.23. The van der Waals surface area contributed by atoms with Gasteiger partial charge in [-0.3, -0.25) is 9.59 Å². The van der Waals surface area contributed by atoms with E-state index in [-0.39, 0.29) is 51.6 Å². The Kier molecular flexibility index (Phi) is 3.81. The minimum Gasteiger partial charge on any atom is -0.462 e. The summed E-state index contributed by atoms with van der Waals surface area (Å²) in [6.45, 7) is 2.09. The van der Waals surface area contributed by atoms with Gasteiger partial charge in [0.2, 0.25) is 0 Å². The van der Waals surface area contributed by atoms with Crippen LogP contribution in [0.5, 0.6) is 0 Å². The number of carbonyl (C=O) groups is 3. The summed E-state index contributed by atoms with van der Waals surface area (Å²) in [7, 11) is 0. The van der Waals surface area contributed by atoms with Crippen LogP contribution in [0.15, 0.2) is 30.3 Å². The topological polar surface area (TPSA) is 112 Å². The average molecular weight is 324 g/mol. The number of anilines is 2. The van der Waals surface area contributed by atoms with E-state index in [1.807, 2.05) is 6.92 Å². The largest absolute Gasteiger partial charge is 0.462 e. The van der Waals surface area contributed by atoms with Gasteiger partial charge in [-0.25, -0.2) is 4.79 Å². The van der Waals surface area contributed by atoms with E-state index >= 15 is 0 Å². The van der Waals surface area contributed by atoms with Crippen LogP contribution in [0.4, 0.5) is 11.4 Å². The van der Waals surface area contributed by atoms with Crippen molar-refractivity contribution in [1.29, 1.82) is 0 Å². The number of fused-ring (bicyclic) bond motifs is 2. The van der Waals surface area contributed by atoms with Gasteiger partial charge >= 0.3 is 5.97 Å². The lowest BCUT2D eigenvalue weighted by molar-refractivity contribution is 0.0506. The predicted molar refractivity (Wildman–Crippen MR) is 89.1 cm³/mol. The van der Waals surface area contributed by atoms with Crippen molar-refractivity contribution in [2.24, 2.45) is 0 Å². The number of rotatable bonds is 3. The summed E-state index contributed by atoms with van der Waals surface area (Å²) < 4.78 is 5.06. The molecule has 0 aromatic heterocycles. The Morgan fingerprint density at radius 2 is 1.62 bits per heavy atom. The van der Waals surface area contributed by atoms with E-state index in [1.165, 1.54) is 6.07 Å². The van der Waals surface area contributed by atoms with Crippen molar-refractivity contribution in [3.8, 4) is 0 Å². The molecule has 0 aliphatic heterocycles. The maximum atomic E-state index is 12.8. The van der Waals surface area contributed by atoms with Crippen LogP contribution in [0.25, 0.3) is 0 Å². The van der Waals surface area contributed by atoms with Crippen molar-refractivity contribution in [1.82, 2.24) is 0 Å². The van der Waals surface area contributed by atoms with Gasteiger partial charge < -0.3 is 16.2 Å². The zero-order valence-electron chi connectivity index (χ0n) is 13.1. The molecule has 1 aliphatic carbocycles. The standard InChI is InChI=1S/C18H16N2O4/c1-2-7-24-18(23)11-8-12(19)13-14(15(11)20)17(22)10-6-4-3-5-9(10)16(13)21/h3-6,8H,2,7,19-20H2,1H3. The first kappa shape index (κ1) is 15.7. The SMILES string of the molecule is CCCOC(=O)c1cc(N)c2c(c1N)C(=O)c1ccccc1C2=O. The van der Waals surface area contributed by atoms with Gasteiger partial charge in [0.15, 0.2) is 11.6 Å². The first-order valence-electron chi connectivity index (χ1n) is 7.54. The second-order valence-corrected chi connectivity index (χ2v) is 5.52. The highest BCUT2D eigenvalue weighted by Crippen LogP contribution is 2.36. The quantitative estimate of drug-likeness (QED) is 0.564. The van der Waals surface area contributed by atoms with E-state index in [0.29, 0.717) is 6.42 Å². The minimum absolute atomic E-state index is 0.000214. The van der Waals surface area contributed by atoms with Gasteiger partial charge in [-0.1, -0.05) is 31.2 Å². The van der Waals surface area contributed by atoms with Gasteiger partial charge in [0.25, 0.3) is 0 Å². The summed E-state index contributed by atoms with van der Waals surface area (Å²) >= 11 is 0. The summed E-state index contributed by atoms with van der Waals surface area (Å²) in [5, 5.41) is 0. The van der Waals surface area contributed by atoms with E-state index in [9.17, 15) is 14.4 Å². The fourth-order valence-electron chi connectivity index (χ4n) is 2.79. The normalized spacial score (nSPS) is 12.5. The summed E-state index contributed by atoms with van der Waals surface area (Å²) in [5.74, 6) is -1.46. The summed E-state index contributed by atoms with van der Waals surface area (Å²) in [6, 6.07) is 7.75. The molecule has 0 saturated carbocycles. The van der Waals surface area contributed by atoms with Crippen molar-refractivity contribution in [3.63, 3.8) is 0 Å². The number of hydrogen-bond donors (Lipinski definition) is 2. The van der Waals surface area contributed by atoms with Crippen molar-refractivity contribution >= 4 is 28.9 Å². The third-order valence-corrected chi connectivity index (χ3v) is 3.93. The lowest BCUT2D eigenvalue weighted by Gasteiger charge is -2.21. The highest BCUT2D eigenvalue weighted by atomic mass is 16.5. The number of nitrogens with two attached hydrogens (primary N) is 2. The van der Waals surface area contributed by atoms with Crippen LogP contribution < -0.4 is 11.5 Å². The third-order valence-electron chi connectivity index (χ3n) is 3.93. The number of hydrogen-bond acceptors (Lipinski definition) is 6. The number of esters is 1. The fraction of sp³-hybridized carbons (Fsp3) is 0.167. The van der Waals surface area contributed by atoms with Crippen LogP contribution in [0.2, 0.25) is 0 Å². The van der Waals surface area contributed by atoms with Gasteiger partial charge in [-0.05, 0) is 12.5 Å². The predicted octanol–water partition coefficient (Wildman–Crippen LogP) is 2.19. The molecule has 4 N–H and O–H groups in total. The lowest BCUT2D eigenvalue weighted by atomic mass is 9.81. The number of ether oxygens (including phenoxy) is 1. The van der Waals surface area contributed by atoms with Gasteiger partial charge in [0, 0.05) is 16.8 Å². The molecule has 3 rings (SSSR count). The molecule has 0 radical (unpaired) electrons. The molecule has 0 fully saturated rings. The zero-order chi connectivity index (χ0) is 17.4. The van der Waals surface area contributed by atoms with Crippen LogP contribution in [-0.4, -0.2) is 24.1 Å². The monoisotopic (exact) mass is 324 g/mol. The molecule has 1 aliphatic rings. The van der Waals surface area contributed by atoms with Crippen LogP contribution in [0.1, 0.15) is 55.5 Å². The van der Waals surface area contributed by atoms with Crippen molar-refractivity contribution < 1.29 is 19.1 Å².